The van der Waals surface area contributed by atoms with Crippen LogP contribution in [-0.2, 0) is 10.0 Å². The van der Waals surface area contributed by atoms with Crippen LogP contribution in [0.4, 0.5) is 23.2 Å². The third kappa shape index (κ3) is 4.97. The van der Waals surface area contributed by atoms with E-state index in [4.69, 9.17) is 11.6 Å². The second-order valence-corrected chi connectivity index (χ2v) is 9.02. The van der Waals surface area contributed by atoms with Gasteiger partial charge in [0.25, 0.3) is 10.0 Å². The number of pyridine rings is 1. The quantitative estimate of drug-likeness (QED) is 0.270. The van der Waals surface area contributed by atoms with Gasteiger partial charge in [0.05, 0.1) is 15.5 Å². The van der Waals surface area contributed by atoms with Crippen molar-refractivity contribution >= 4 is 44.1 Å². The van der Waals surface area contributed by atoms with Gasteiger partial charge in [-0.05, 0) is 36.4 Å². The zero-order valence-electron chi connectivity index (χ0n) is 16.7. The Labute approximate surface area is 194 Å². The van der Waals surface area contributed by atoms with E-state index >= 15 is 0 Å². The zero-order valence-corrected chi connectivity index (χ0v) is 18.2. The van der Waals surface area contributed by atoms with Gasteiger partial charge in [-0.25, -0.2) is 17.8 Å². The molecule has 0 fully saturated rings. The van der Waals surface area contributed by atoms with Crippen LogP contribution in [0.3, 0.4) is 0 Å². The number of aromatic amines is 1. The number of hydrogen-bond acceptors (Lipinski definition) is 5. The Morgan fingerprint density at radius 3 is 2.59 bits per heavy atom. The predicted octanol–water partition coefficient (Wildman–Crippen LogP) is 5.29. The van der Waals surface area contributed by atoms with E-state index in [2.05, 4.69) is 19.4 Å². The first-order valence-corrected chi connectivity index (χ1v) is 11.1. The summed E-state index contributed by atoms with van der Waals surface area (Å²) in [5.41, 5.74) is -0.245. The molecular weight excluding hydrogens is 502 g/mol. The number of ketones is 1. The number of rotatable bonds is 6. The maximum Gasteiger partial charge on any atom is 0.573 e. The largest absolute Gasteiger partial charge is 0.573 e. The van der Waals surface area contributed by atoms with Crippen molar-refractivity contribution in [2.24, 2.45) is 0 Å². The molecule has 0 spiro atoms. The molecular formula is C21H12ClF4N3O4S. The van der Waals surface area contributed by atoms with Crippen LogP contribution >= 0.6 is 11.6 Å². The molecule has 0 radical (unpaired) electrons. The molecule has 0 amide bonds. The first-order valence-electron chi connectivity index (χ1n) is 9.28. The highest BCUT2D eigenvalue weighted by Crippen LogP contribution is 2.28. The number of halogens is 5. The lowest BCUT2D eigenvalue weighted by Crippen LogP contribution is -2.18. The van der Waals surface area contributed by atoms with Gasteiger partial charge in [-0.15, -0.1) is 13.2 Å². The second-order valence-electron chi connectivity index (χ2n) is 6.90. The fourth-order valence-electron chi connectivity index (χ4n) is 3.13. The number of alkyl halides is 3. The molecule has 0 bridgehead atoms. The van der Waals surface area contributed by atoms with Gasteiger partial charge >= 0.3 is 6.36 Å². The maximum atomic E-state index is 14.5. The van der Waals surface area contributed by atoms with Crippen molar-refractivity contribution < 1.29 is 35.5 Å². The standard InChI is InChI=1S/C21H12ClF4N3O4S/c22-11-6-15-17(10-28-20(15)27-9-11)19(30)16-7-12(4-5-18(16)23)29-34(31,32)14-3-1-2-13(8-14)33-21(24,25)26/h1-10,29H,(H,27,28). The summed E-state index contributed by atoms with van der Waals surface area (Å²) < 4.78 is 83.0. The smallest absolute Gasteiger partial charge is 0.406 e. The molecule has 7 nitrogen and oxygen atoms in total. The van der Waals surface area contributed by atoms with Gasteiger partial charge in [0.1, 0.15) is 17.2 Å². The molecule has 176 valence electrons. The summed E-state index contributed by atoms with van der Waals surface area (Å²) in [7, 11) is -4.41. The van der Waals surface area contributed by atoms with Crippen molar-refractivity contribution in [3.63, 3.8) is 0 Å². The lowest BCUT2D eigenvalue weighted by molar-refractivity contribution is -0.274. The molecule has 2 heterocycles. The van der Waals surface area contributed by atoms with Gasteiger partial charge in [-0.3, -0.25) is 9.52 Å². The van der Waals surface area contributed by atoms with Crippen LogP contribution < -0.4 is 9.46 Å². The minimum atomic E-state index is -5.01. The van der Waals surface area contributed by atoms with Crippen LogP contribution in [-0.4, -0.2) is 30.5 Å². The summed E-state index contributed by atoms with van der Waals surface area (Å²) in [5.74, 6) is -2.43. The minimum absolute atomic E-state index is 0.0564. The van der Waals surface area contributed by atoms with E-state index in [0.29, 0.717) is 17.1 Å². The average molecular weight is 514 g/mol. The number of anilines is 1. The summed E-state index contributed by atoms with van der Waals surface area (Å²) in [6.07, 6.45) is -2.33. The summed E-state index contributed by atoms with van der Waals surface area (Å²) in [5, 5.41) is 0.587. The molecule has 2 aromatic heterocycles. The van der Waals surface area contributed by atoms with Crippen molar-refractivity contribution in [1.29, 1.82) is 0 Å². The number of hydrogen-bond donors (Lipinski definition) is 2. The molecule has 0 atom stereocenters. The average Bonchev–Trinajstić information content (AvgIpc) is 3.16. The van der Waals surface area contributed by atoms with Crippen LogP contribution in [0.5, 0.6) is 5.75 Å². The van der Waals surface area contributed by atoms with E-state index in [1.165, 1.54) is 18.5 Å². The van der Waals surface area contributed by atoms with E-state index in [1.807, 2.05) is 0 Å². The summed E-state index contributed by atoms with van der Waals surface area (Å²) in [6.45, 7) is 0. The molecule has 2 N–H and O–H groups in total. The number of ether oxygens (including phenoxy) is 1. The van der Waals surface area contributed by atoms with Crippen molar-refractivity contribution in [3.05, 3.63) is 82.9 Å². The van der Waals surface area contributed by atoms with Gasteiger partial charge < -0.3 is 9.72 Å². The van der Waals surface area contributed by atoms with Crippen molar-refractivity contribution in [2.45, 2.75) is 11.3 Å². The van der Waals surface area contributed by atoms with Crippen LogP contribution in [0, 0.1) is 5.82 Å². The van der Waals surface area contributed by atoms with Crippen LogP contribution in [0.1, 0.15) is 15.9 Å². The number of nitrogens with one attached hydrogen (secondary N) is 2. The molecule has 0 aliphatic carbocycles. The highest BCUT2D eigenvalue weighted by molar-refractivity contribution is 7.92. The molecule has 0 saturated carbocycles. The van der Waals surface area contributed by atoms with Gasteiger partial charge in [0.2, 0.25) is 0 Å². The number of H-pyrrole nitrogens is 1. The van der Waals surface area contributed by atoms with Crippen LogP contribution in [0.25, 0.3) is 11.0 Å². The Balaban J connectivity index is 1.65. The lowest BCUT2D eigenvalue weighted by atomic mass is 10.0. The Kier molecular flexibility index (Phi) is 5.96. The van der Waals surface area contributed by atoms with E-state index in [1.54, 1.807) is 0 Å². The number of carbonyl (C=O) groups is 1. The van der Waals surface area contributed by atoms with E-state index in [-0.39, 0.29) is 16.3 Å². The molecule has 0 unspecified atom stereocenters. The van der Waals surface area contributed by atoms with Crippen molar-refractivity contribution in [1.82, 2.24) is 9.97 Å². The molecule has 2 aromatic carbocycles. The highest BCUT2D eigenvalue weighted by Gasteiger charge is 2.31. The fourth-order valence-corrected chi connectivity index (χ4v) is 4.37. The number of carbonyl (C=O) groups excluding carboxylic acids is 1. The number of sulfonamides is 1. The third-order valence-electron chi connectivity index (χ3n) is 4.55. The van der Waals surface area contributed by atoms with Gasteiger partial charge in [0.15, 0.2) is 5.78 Å². The Bertz CT molecular complexity index is 1520. The Morgan fingerprint density at radius 1 is 1.09 bits per heavy atom. The molecule has 4 aromatic rings. The highest BCUT2D eigenvalue weighted by atomic mass is 35.5. The Morgan fingerprint density at radius 2 is 1.85 bits per heavy atom. The fraction of sp³-hybridized carbons (Fsp3) is 0.0476. The SMILES string of the molecule is O=C(c1cc(NS(=O)(=O)c2cccc(OC(F)(F)F)c2)ccc1F)c1c[nH]c2ncc(Cl)cc12. The second kappa shape index (κ2) is 8.61. The molecule has 0 aliphatic heterocycles. The van der Waals surface area contributed by atoms with Crippen molar-refractivity contribution in [3.8, 4) is 5.75 Å². The minimum Gasteiger partial charge on any atom is -0.406 e. The molecule has 13 heteroatoms. The lowest BCUT2D eigenvalue weighted by Gasteiger charge is -2.12. The molecule has 4 rings (SSSR count). The van der Waals surface area contributed by atoms with Crippen LogP contribution in [0.15, 0.2) is 65.8 Å². The number of aromatic nitrogens is 2. The predicted molar refractivity (Wildman–Crippen MR) is 115 cm³/mol. The third-order valence-corrected chi connectivity index (χ3v) is 6.14. The van der Waals surface area contributed by atoms with Gasteiger partial charge in [-0.1, -0.05) is 17.7 Å². The zero-order chi connectivity index (χ0) is 24.7. The maximum absolute atomic E-state index is 14.5. The van der Waals surface area contributed by atoms with E-state index < -0.39 is 44.2 Å². The monoisotopic (exact) mass is 513 g/mol. The number of fused-ring (bicyclic) bond motifs is 1. The van der Waals surface area contributed by atoms with Gasteiger partial charge in [0, 0.05) is 35.1 Å². The number of benzene rings is 2. The van der Waals surface area contributed by atoms with Gasteiger partial charge in [-0.2, -0.15) is 0 Å². The molecule has 34 heavy (non-hydrogen) atoms. The number of nitrogens with zero attached hydrogens (tertiary/aromatic N) is 1. The van der Waals surface area contributed by atoms with Crippen LogP contribution in [0.2, 0.25) is 5.02 Å². The summed E-state index contributed by atoms with van der Waals surface area (Å²) in [6, 6.07) is 8.10. The van der Waals surface area contributed by atoms with E-state index in [0.717, 1.165) is 36.4 Å². The Hall–Kier alpha value is -3.64. The first kappa shape index (κ1) is 23.5. The summed E-state index contributed by atoms with van der Waals surface area (Å²) >= 11 is 5.92. The molecule has 0 saturated heterocycles. The topological polar surface area (TPSA) is 101 Å². The van der Waals surface area contributed by atoms with E-state index in [9.17, 15) is 30.8 Å². The normalized spacial score (nSPS) is 12.0. The van der Waals surface area contributed by atoms with Crippen molar-refractivity contribution in [2.75, 3.05) is 4.72 Å². The summed E-state index contributed by atoms with van der Waals surface area (Å²) in [4.78, 5) is 19.2. The first-order chi connectivity index (χ1) is 15.9. The molecule has 0 aliphatic rings.